The molecule has 1 aliphatic rings. The van der Waals surface area contributed by atoms with Crippen molar-refractivity contribution in [3.8, 4) is 0 Å². The first-order valence-corrected chi connectivity index (χ1v) is 6.56. The number of hydrogen-bond donors (Lipinski definition) is 1. The number of nitrogens with zero attached hydrogens (tertiary/aromatic N) is 1. The summed E-state index contributed by atoms with van der Waals surface area (Å²) < 4.78 is 13.5. The molecule has 4 nitrogen and oxygen atoms in total. The summed E-state index contributed by atoms with van der Waals surface area (Å²) in [7, 11) is 0. The van der Waals surface area contributed by atoms with Crippen molar-refractivity contribution in [1.82, 2.24) is 5.32 Å². The molecule has 1 fully saturated rings. The molecule has 19 heavy (non-hydrogen) atoms. The molecule has 2 rings (SSSR count). The fraction of sp³-hybridized carbons (Fsp3) is 0.571. The van der Waals surface area contributed by atoms with E-state index in [2.05, 4.69) is 19.2 Å². The summed E-state index contributed by atoms with van der Waals surface area (Å²) >= 11 is 0. The Kier molecular flexibility index (Phi) is 3.85. The number of halogens is 1. The van der Waals surface area contributed by atoms with E-state index in [4.69, 9.17) is 0 Å². The van der Waals surface area contributed by atoms with Gasteiger partial charge in [-0.25, -0.2) is 0 Å². The third-order valence-electron chi connectivity index (χ3n) is 4.02. The van der Waals surface area contributed by atoms with Gasteiger partial charge in [-0.2, -0.15) is 4.39 Å². The zero-order chi connectivity index (χ0) is 14.0. The standard InChI is InChI=1S/C14H19FN2O2/c1-14(2)7-3-4-13(14)16-9-10-5-6-12(17(18)19)11(15)8-10/h5-6,8,13,16H,3-4,7,9H2,1-2H3. The minimum absolute atomic E-state index is 0.263. The Morgan fingerprint density at radius 3 is 2.79 bits per heavy atom. The molecule has 1 N–H and O–H groups in total. The van der Waals surface area contributed by atoms with Crippen LogP contribution in [0.2, 0.25) is 0 Å². The number of nitro benzene ring substituents is 1. The van der Waals surface area contributed by atoms with Gasteiger partial charge in [0.15, 0.2) is 0 Å². The molecule has 1 aliphatic carbocycles. The van der Waals surface area contributed by atoms with Gasteiger partial charge in [0.2, 0.25) is 5.82 Å². The molecule has 0 aromatic heterocycles. The minimum Gasteiger partial charge on any atom is -0.309 e. The molecular weight excluding hydrogens is 247 g/mol. The third kappa shape index (κ3) is 3.10. The monoisotopic (exact) mass is 266 g/mol. The molecule has 0 amide bonds. The lowest BCUT2D eigenvalue weighted by Gasteiger charge is -2.28. The van der Waals surface area contributed by atoms with E-state index in [1.807, 2.05) is 0 Å². The highest BCUT2D eigenvalue weighted by Gasteiger charge is 2.33. The highest BCUT2D eigenvalue weighted by atomic mass is 19.1. The number of benzene rings is 1. The van der Waals surface area contributed by atoms with Crippen LogP contribution in [-0.4, -0.2) is 11.0 Å². The van der Waals surface area contributed by atoms with Gasteiger partial charge < -0.3 is 5.32 Å². The van der Waals surface area contributed by atoms with Crippen LogP contribution in [0.15, 0.2) is 18.2 Å². The molecule has 1 unspecified atom stereocenters. The highest BCUT2D eigenvalue weighted by Crippen LogP contribution is 2.37. The molecule has 0 heterocycles. The van der Waals surface area contributed by atoms with E-state index in [0.29, 0.717) is 12.6 Å². The fourth-order valence-electron chi connectivity index (χ4n) is 2.75. The van der Waals surface area contributed by atoms with Crippen molar-refractivity contribution in [3.05, 3.63) is 39.7 Å². The Morgan fingerprint density at radius 1 is 1.53 bits per heavy atom. The summed E-state index contributed by atoms with van der Waals surface area (Å²) in [5, 5.41) is 14.0. The second kappa shape index (κ2) is 5.25. The smallest absolute Gasteiger partial charge is 0.304 e. The van der Waals surface area contributed by atoms with Gasteiger partial charge in [-0.05, 0) is 29.9 Å². The Bertz CT molecular complexity index is 488. The van der Waals surface area contributed by atoms with E-state index in [-0.39, 0.29) is 5.41 Å². The lowest BCUT2D eigenvalue weighted by molar-refractivity contribution is -0.387. The van der Waals surface area contributed by atoms with Crippen LogP contribution >= 0.6 is 0 Å². The molecule has 0 saturated heterocycles. The van der Waals surface area contributed by atoms with Gasteiger partial charge in [0, 0.05) is 18.7 Å². The van der Waals surface area contributed by atoms with Crippen molar-refractivity contribution in [1.29, 1.82) is 0 Å². The van der Waals surface area contributed by atoms with Crippen molar-refractivity contribution >= 4 is 5.69 Å². The first-order chi connectivity index (χ1) is 8.90. The van der Waals surface area contributed by atoms with Crippen LogP contribution < -0.4 is 5.32 Å². The first-order valence-electron chi connectivity index (χ1n) is 6.56. The van der Waals surface area contributed by atoms with Gasteiger partial charge in [0.25, 0.3) is 0 Å². The topological polar surface area (TPSA) is 55.2 Å². The molecule has 5 heteroatoms. The van der Waals surface area contributed by atoms with Crippen molar-refractivity contribution in [2.24, 2.45) is 5.41 Å². The summed E-state index contributed by atoms with van der Waals surface area (Å²) in [6.07, 6.45) is 3.53. The average molecular weight is 266 g/mol. The molecule has 104 valence electrons. The molecule has 1 atom stereocenters. The second-order valence-electron chi connectivity index (χ2n) is 5.86. The van der Waals surface area contributed by atoms with Crippen LogP contribution in [0.25, 0.3) is 0 Å². The van der Waals surface area contributed by atoms with Gasteiger partial charge in [-0.1, -0.05) is 26.3 Å². The SMILES string of the molecule is CC1(C)CCCC1NCc1ccc([N+](=O)[O-])c(F)c1. The number of rotatable bonds is 4. The molecule has 1 saturated carbocycles. The van der Waals surface area contributed by atoms with E-state index in [1.165, 1.54) is 25.0 Å². The predicted molar refractivity (Wildman–Crippen MR) is 71.3 cm³/mol. The molecular formula is C14H19FN2O2. The van der Waals surface area contributed by atoms with Crippen LogP contribution in [-0.2, 0) is 6.54 Å². The zero-order valence-electron chi connectivity index (χ0n) is 11.3. The molecule has 1 aromatic rings. The lowest BCUT2D eigenvalue weighted by Crippen LogP contribution is -2.37. The third-order valence-corrected chi connectivity index (χ3v) is 4.02. The summed E-state index contributed by atoms with van der Waals surface area (Å²) in [5.74, 6) is -0.769. The van der Waals surface area contributed by atoms with Crippen molar-refractivity contribution in [2.75, 3.05) is 0 Å². The second-order valence-corrected chi connectivity index (χ2v) is 5.86. The Balaban J connectivity index is 2.01. The van der Waals surface area contributed by atoms with Gasteiger partial charge in [-0.3, -0.25) is 10.1 Å². The minimum atomic E-state index is -0.769. The highest BCUT2D eigenvalue weighted by molar-refractivity contribution is 5.35. The normalized spacial score (nSPS) is 21.5. The summed E-state index contributed by atoms with van der Waals surface area (Å²) in [6.45, 7) is 5.01. The predicted octanol–water partition coefficient (Wildman–Crippen LogP) is 3.40. The van der Waals surface area contributed by atoms with Gasteiger partial charge in [-0.15, -0.1) is 0 Å². The first kappa shape index (κ1) is 13.9. The van der Waals surface area contributed by atoms with Crippen LogP contribution in [0.5, 0.6) is 0 Å². The van der Waals surface area contributed by atoms with E-state index >= 15 is 0 Å². The van der Waals surface area contributed by atoms with Crippen LogP contribution in [0.3, 0.4) is 0 Å². The van der Waals surface area contributed by atoms with Crippen LogP contribution in [0, 0.1) is 21.3 Å². The molecule has 0 bridgehead atoms. The van der Waals surface area contributed by atoms with Crippen LogP contribution in [0.4, 0.5) is 10.1 Å². The van der Waals surface area contributed by atoms with E-state index in [9.17, 15) is 14.5 Å². The van der Waals surface area contributed by atoms with Crippen molar-refractivity contribution < 1.29 is 9.31 Å². The van der Waals surface area contributed by atoms with Gasteiger partial charge in [0.05, 0.1) is 4.92 Å². The molecule has 0 aliphatic heterocycles. The largest absolute Gasteiger partial charge is 0.309 e. The Hall–Kier alpha value is -1.49. The van der Waals surface area contributed by atoms with Crippen molar-refractivity contribution in [2.45, 2.75) is 45.7 Å². The van der Waals surface area contributed by atoms with E-state index in [0.717, 1.165) is 12.0 Å². The van der Waals surface area contributed by atoms with Gasteiger partial charge >= 0.3 is 5.69 Å². The average Bonchev–Trinajstić information content (AvgIpc) is 2.65. The van der Waals surface area contributed by atoms with Crippen LogP contribution in [0.1, 0.15) is 38.7 Å². The number of nitrogens with one attached hydrogen (secondary N) is 1. The quantitative estimate of drug-likeness (QED) is 0.671. The fourth-order valence-corrected chi connectivity index (χ4v) is 2.75. The van der Waals surface area contributed by atoms with Crippen molar-refractivity contribution in [3.63, 3.8) is 0 Å². The van der Waals surface area contributed by atoms with E-state index < -0.39 is 16.4 Å². The summed E-state index contributed by atoms with van der Waals surface area (Å²) in [6, 6.07) is 4.50. The Labute approximate surface area is 112 Å². The maximum Gasteiger partial charge on any atom is 0.304 e. The summed E-state index contributed by atoms with van der Waals surface area (Å²) in [4.78, 5) is 9.83. The summed E-state index contributed by atoms with van der Waals surface area (Å²) in [5.41, 5.74) is 0.537. The van der Waals surface area contributed by atoms with Gasteiger partial charge in [0.1, 0.15) is 0 Å². The number of nitro groups is 1. The lowest BCUT2D eigenvalue weighted by atomic mass is 9.87. The molecule has 0 radical (unpaired) electrons. The van der Waals surface area contributed by atoms with E-state index in [1.54, 1.807) is 6.07 Å². The molecule has 1 aromatic carbocycles. The molecule has 0 spiro atoms. The maximum atomic E-state index is 13.5. The number of hydrogen-bond acceptors (Lipinski definition) is 3. The Morgan fingerprint density at radius 2 is 2.26 bits per heavy atom. The zero-order valence-corrected chi connectivity index (χ0v) is 11.3. The maximum absolute atomic E-state index is 13.5.